The number of halogens is 2. The van der Waals surface area contributed by atoms with Gasteiger partial charge in [-0.05, 0) is 23.3 Å². The molecular weight excluding hydrogens is 332 g/mol. The van der Waals surface area contributed by atoms with Crippen LogP contribution in [0.4, 0.5) is 0 Å². The van der Waals surface area contributed by atoms with Crippen LogP contribution in [0.5, 0.6) is 11.5 Å². The van der Waals surface area contributed by atoms with Crippen molar-refractivity contribution in [3.05, 3.63) is 59.7 Å². The zero-order valence-electron chi connectivity index (χ0n) is 8.55. The second-order valence-electron chi connectivity index (χ2n) is 3.49. The number of para-hydroxylation sites is 2. The molecule has 0 fully saturated rings. The summed E-state index contributed by atoms with van der Waals surface area (Å²) in [6.45, 7) is 0. The van der Waals surface area contributed by atoms with Crippen LogP contribution in [0, 0.1) is 0 Å². The standard InChI is InChI=1S/C13H10O.2BrH/c1-3-7-12-10(5-1)9-11-6-2-4-8-13(11)14-12;;/h1-8H,9H2;2*1H. The zero-order valence-corrected chi connectivity index (χ0v) is 12.0. The first kappa shape index (κ1) is 13.3. The minimum atomic E-state index is 0. The second-order valence-corrected chi connectivity index (χ2v) is 3.49. The minimum Gasteiger partial charge on any atom is -0.457 e. The van der Waals surface area contributed by atoms with E-state index in [1.807, 2.05) is 24.3 Å². The van der Waals surface area contributed by atoms with Gasteiger partial charge in [0, 0.05) is 6.42 Å². The Kier molecular flexibility index (Phi) is 4.56. The van der Waals surface area contributed by atoms with Gasteiger partial charge in [0.25, 0.3) is 0 Å². The van der Waals surface area contributed by atoms with Crippen molar-refractivity contribution in [2.75, 3.05) is 0 Å². The minimum absolute atomic E-state index is 0. The first-order valence-electron chi connectivity index (χ1n) is 4.77. The van der Waals surface area contributed by atoms with E-state index in [9.17, 15) is 0 Å². The van der Waals surface area contributed by atoms with Crippen molar-refractivity contribution in [2.24, 2.45) is 0 Å². The van der Waals surface area contributed by atoms with Crippen molar-refractivity contribution in [2.45, 2.75) is 6.42 Å². The lowest BCUT2D eigenvalue weighted by atomic mass is 10.0. The molecule has 2 aromatic rings. The molecule has 0 N–H and O–H groups in total. The second kappa shape index (κ2) is 5.51. The third-order valence-electron chi connectivity index (χ3n) is 2.55. The van der Waals surface area contributed by atoms with Crippen molar-refractivity contribution in [1.82, 2.24) is 0 Å². The van der Waals surface area contributed by atoms with E-state index in [2.05, 4.69) is 24.3 Å². The maximum atomic E-state index is 5.78. The van der Waals surface area contributed by atoms with E-state index >= 15 is 0 Å². The van der Waals surface area contributed by atoms with Crippen LogP contribution in [0.1, 0.15) is 11.1 Å². The van der Waals surface area contributed by atoms with E-state index in [0.717, 1.165) is 17.9 Å². The van der Waals surface area contributed by atoms with Crippen LogP contribution in [-0.2, 0) is 6.42 Å². The molecule has 3 rings (SSSR count). The first-order chi connectivity index (χ1) is 6.93. The summed E-state index contributed by atoms with van der Waals surface area (Å²) >= 11 is 0. The topological polar surface area (TPSA) is 9.23 Å². The van der Waals surface area contributed by atoms with Crippen molar-refractivity contribution in [1.29, 1.82) is 0 Å². The molecule has 0 amide bonds. The average Bonchev–Trinajstić information content (AvgIpc) is 2.26. The Morgan fingerprint density at radius 1 is 0.688 bits per heavy atom. The van der Waals surface area contributed by atoms with Gasteiger partial charge in [-0.3, -0.25) is 0 Å². The van der Waals surface area contributed by atoms with Gasteiger partial charge in [-0.15, -0.1) is 34.0 Å². The summed E-state index contributed by atoms with van der Waals surface area (Å²) in [7, 11) is 0. The fourth-order valence-corrected chi connectivity index (χ4v) is 1.82. The highest BCUT2D eigenvalue weighted by Crippen LogP contribution is 2.35. The fourth-order valence-electron chi connectivity index (χ4n) is 1.82. The van der Waals surface area contributed by atoms with Crippen molar-refractivity contribution in [3.63, 3.8) is 0 Å². The van der Waals surface area contributed by atoms with E-state index in [-0.39, 0.29) is 34.0 Å². The maximum Gasteiger partial charge on any atom is 0.130 e. The van der Waals surface area contributed by atoms with Gasteiger partial charge in [-0.25, -0.2) is 0 Å². The fraction of sp³-hybridized carbons (Fsp3) is 0.0769. The highest BCUT2D eigenvalue weighted by Gasteiger charge is 2.14. The van der Waals surface area contributed by atoms with Gasteiger partial charge in [-0.1, -0.05) is 36.4 Å². The first-order valence-corrected chi connectivity index (χ1v) is 4.77. The van der Waals surface area contributed by atoms with Crippen LogP contribution in [-0.4, -0.2) is 0 Å². The number of hydrogen-bond acceptors (Lipinski definition) is 1. The molecule has 0 saturated heterocycles. The molecule has 84 valence electrons. The largest absolute Gasteiger partial charge is 0.457 e. The lowest BCUT2D eigenvalue weighted by Crippen LogP contribution is -2.01. The highest BCUT2D eigenvalue weighted by atomic mass is 79.9. The third-order valence-corrected chi connectivity index (χ3v) is 2.55. The zero-order chi connectivity index (χ0) is 9.38. The molecule has 1 heterocycles. The summed E-state index contributed by atoms with van der Waals surface area (Å²) < 4.78 is 5.78. The van der Waals surface area contributed by atoms with Crippen LogP contribution < -0.4 is 4.74 Å². The van der Waals surface area contributed by atoms with E-state index in [1.165, 1.54) is 11.1 Å². The molecule has 1 nitrogen and oxygen atoms in total. The summed E-state index contributed by atoms with van der Waals surface area (Å²) in [5.74, 6) is 1.98. The summed E-state index contributed by atoms with van der Waals surface area (Å²) in [4.78, 5) is 0. The molecule has 0 aliphatic carbocycles. The summed E-state index contributed by atoms with van der Waals surface area (Å²) in [6, 6.07) is 16.4. The highest BCUT2D eigenvalue weighted by molar-refractivity contribution is 8.93. The molecule has 1 aliphatic rings. The lowest BCUT2D eigenvalue weighted by molar-refractivity contribution is 0.460. The van der Waals surface area contributed by atoms with Gasteiger partial charge in [0.15, 0.2) is 0 Å². The Morgan fingerprint density at radius 3 is 1.62 bits per heavy atom. The maximum absolute atomic E-state index is 5.78. The van der Waals surface area contributed by atoms with Gasteiger partial charge < -0.3 is 4.74 Å². The van der Waals surface area contributed by atoms with Crippen LogP contribution in [0.15, 0.2) is 48.5 Å². The normalized spacial score (nSPS) is 11.0. The molecule has 0 bridgehead atoms. The van der Waals surface area contributed by atoms with Gasteiger partial charge >= 0.3 is 0 Å². The molecule has 16 heavy (non-hydrogen) atoms. The van der Waals surface area contributed by atoms with Crippen LogP contribution >= 0.6 is 34.0 Å². The Morgan fingerprint density at radius 2 is 1.12 bits per heavy atom. The SMILES string of the molecule is Br.Br.c1ccc2c(c1)Cc1ccccc1O2. The summed E-state index contributed by atoms with van der Waals surface area (Å²) in [5, 5.41) is 0. The molecule has 0 spiro atoms. The smallest absolute Gasteiger partial charge is 0.130 e. The Hall–Kier alpha value is -0.800. The number of hydrogen-bond donors (Lipinski definition) is 0. The molecule has 0 atom stereocenters. The molecule has 0 unspecified atom stereocenters. The quantitative estimate of drug-likeness (QED) is 0.582. The van der Waals surface area contributed by atoms with Gasteiger partial charge in [0.2, 0.25) is 0 Å². The molecule has 1 aliphatic heterocycles. The van der Waals surface area contributed by atoms with E-state index < -0.39 is 0 Å². The van der Waals surface area contributed by atoms with E-state index in [4.69, 9.17) is 4.74 Å². The molecular formula is C13H12Br2O. The molecule has 0 radical (unpaired) electrons. The number of ether oxygens (including phenoxy) is 1. The van der Waals surface area contributed by atoms with Gasteiger partial charge in [0.05, 0.1) is 0 Å². The molecule has 0 saturated carbocycles. The van der Waals surface area contributed by atoms with Crippen molar-refractivity contribution in [3.8, 4) is 11.5 Å². The summed E-state index contributed by atoms with van der Waals surface area (Å²) in [6.07, 6.45) is 0.979. The van der Waals surface area contributed by atoms with E-state index in [0.29, 0.717) is 0 Å². The predicted molar refractivity (Wildman–Crippen MR) is 76.4 cm³/mol. The van der Waals surface area contributed by atoms with Crippen LogP contribution in [0.3, 0.4) is 0 Å². The number of benzene rings is 2. The predicted octanol–water partition coefficient (Wildman–Crippen LogP) is 4.54. The lowest BCUT2D eigenvalue weighted by Gasteiger charge is -2.19. The Bertz CT molecular complexity index is 395. The average molecular weight is 344 g/mol. The van der Waals surface area contributed by atoms with E-state index in [1.54, 1.807) is 0 Å². The van der Waals surface area contributed by atoms with Crippen molar-refractivity contribution >= 4 is 34.0 Å². The van der Waals surface area contributed by atoms with Crippen LogP contribution in [0.25, 0.3) is 0 Å². The number of rotatable bonds is 0. The molecule has 3 heteroatoms. The number of fused-ring (bicyclic) bond motifs is 2. The third kappa shape index (κ3) is 2.30. The monoisotopic (exact) mass is 342 g/mol. The van der Waals surface area contributed by atoms with Gasteiger partial charge in [-0.2, -0.15) is 0 Å². The Balaban J connectivity index is 0.000000640. The molecule has 2 aromatic carbocycles. The van der Waals surface area contributed by atoms with Gasteiger partial charge in [0.1, 0.15) is 11.5 Å². The van der Waals surface area contributed by atoms with Crippen molar-refractivity contribution < 1.29 is 4.74 Å². The molecule has 0 aromatic heterocycles. The van der Waals surface area contributed by atoms with Crippen LogP contribution in [0.2, 0.25) is 0 Å². The summed E-state index contributed by atoms with van der Waals surface area (Å²) in [5.41, 5.74) is 2.54. The Labute approximate surface area is 116 Å².